The molecule has 2 saturated heterocycles. The van der Waals surface area contributed by atoms with Crippen LogP contribution in [0.1, 0.15) is 19.8 Å². The van der Waals surface area contributed by atoms with Crippen molar-refractivity contribution in [2.45, 2.75) is 19.8 Å². The molecular weight excluding hydrogens is 266 g/mol. The molecule has 0 aromatic heterocycles. The summed E-state index contributed by atoms with van der Waals surface area (Å²) in [5.74, 6) is 0.212. The molecule has 1 aromatic rings. The van der Waals surface area contributed by atoms with Gasteiger partial charge in [0.2, 0.25) is 5.91 Å². The fourth-order valence-electron chi connectivity index (χ4n) is 3.23. The second-order valence-corrected chi connectivity index (χ2v) is 5.83. The highest BCUT2D eigenvalue weighted by molar-refractivity contribution is 6.04. The predicted molar refractivity (Wildman–Crippen MR) is 81.1 cm³/mol. The van der Waals surface area contributed by atoms with E-state index in [1.807, 2.05) is 47.1 Å². The van der Waals surface area contributed by atoms with Crippen LogP contribution in [0.25, 0.3) is 0 Å². The third kappa shape index (κ3) is 2.37. The predicted octanol–water partition coefficient (Wildman–Crippen LogP) is 1.84. The number of rotatable bonds is 2. The van der Waals surface area contributed by atoms with Gasteiger partial charge in [-0.15, -0.1) is 0 Å². The fraction of sp³-hybridized carbons (Fsp3) is 0.500. The van der Waals surface area contributed by atoms with Crippen molar-refractivity contribution >= 4 is 17.6 Å². The average molecular weight is 287 g/mol. The highest BCUT2D eigenvalue weighted by Crippen LogP contribution is 2.43. The van der Waals surface area contributed by atoms with Crippen molar-refractivity contribution in [3.63, 3.8) is 0 Å². The molecule has 0 radical (unpaired) electrons. The molecule has 1 spiro atoms. The molecule has 112 valence electrons. The van der Waals surface area contributed by atoms with E-state index in [9.17, 15) is 9.59 Å². The quantitative estimate of drug-likeness (QED) is 0.844. The van der Waals surface area contributed by atoms with Crippen LogP contribution in [0.2, 0.25) is 0 Å². The van der Waals surface area contributed by atoms with Crippen molar-refractivity contribution in [3.05, 3.63) is 30.3 Å². The Bertz CT molecular complexity index is 536. The van der Waals surface area contributed by atoms with Gasteiger partial charge < -0.3 is 15.1 Å². The van der Waals surface area contributed by atoms with Crippen LogP contribution in [-0.2, 0) is 4.79 Å². The van der Waals surface area contributed by atoms with E-state index in [0.29, 0.717) is 19.6 Å². The molecule has 0 unspecified atom stereocenters. The van der Waals surface area contributed by atoms with Gasteiger partial charge in [-0.25, -0.2) is 4.79 Å². The number of hydrogen-bond acceptors (Lipinski definition) is 2. The zero-order valence-corrected chi connectivity index (χ0v) is 12.3. The molecule has 3 amide bonds. The SMILES string of the molecule is CCNC(=O)N1CCC2(CC1)CN(c1ccccc1)C2=O. The minimum absolute atomic E-state index is 0.0148. The maximum Gasteiger partial charge on any atom is 0.317 e. The number of likely N-dealkylation sites (tertiary alicyclic amines) is 1. The van der Waals surface area contributed by atoms with E-state index in [0.717, 1.165) is 25.1 Å². The average Bonchev–Trinajstić information content (AvgIpc) is 2.54. The first-order valence-electron chi connectivity index (χ1n) is 7.56. The molecule has 1 aromatic carbocycles. The largest absolute Gasteiger partial charge is 0.338 e. The van der Waals surface area contributed by atoms with Crippen molar-refractivity contribution in [3.8, 4) is 0 Å². The zero-order chi connectivity index (χ0) is 14.9. The number of β-lactam (4-membered cyclic amide) rings is 1. The number of anilines is 1. The number of para-hydroxylation sites is 1. The van der Waals surface area contributed by atoms with Gasteiger partial charge in [0, 0.05) is 31.9 Å². The van der Waals surface area contributed by atoms with Gasteiger partial charge in [-0.2, -0.15) is 0 Å². The minimum Gasteiger partial charge on any atom is -0.338 e. The summed E-state index contributed by atoms with van der Waals surface area (Å²) >= 11 is 0. The molecule has 0 bridgehead atoms. The van der Waals surface area contributed by atoms with Crippen LogP contribution in [0.4, 0.5) is 10.5 Å². The number of nitrogens with one attached hydrogen (secondary N) is 1. The molecule has 0 saturated carbocycles. The molecule has 21 heavy (non-hydrogen) atoms. The standard InChI is InChI=1S/C16H21N3O2/c1-2-17-15(21)18-10-8-16(9-11-18)12-19(14(16)20)13-6-4-3-5-7-13/h3-7H,2,8-12H2,1H3,(H,17,21). The highest BCUT2D eigenvalue weighted by atomic mass is 16.2. The second kappa shape index (κ2) is 5.39. The van der Waals surface area contributed by atoms with Gasteiger partial charge in [-0.1, -0.05) is 18.2 Å². The van der Waals surface area contributed by atoms with Crippen LogP contribution in [0.3, 0.4) is 0 Å². The highest BCUT2D eigenvalue weighted by Gasteiger charge is 2.53. The van der Waals surface area contributed by atoms with E-state index in [1.54, 1.807) is 0 Å². The molecule has 2 fully saturated rings. The molecule has 0 atom stereocenters. The summed E-state index contributed by atoms with van der Waals surface area (Å²) in [4.78, 5) is 28.0. The Hall–Kier alpha value is -2.04. The number of hydrogen-bond donors (Lipinski definition) is 1. The molecule has 1 N–H and O–H groups in total. The molecule has 2 aliphatic heterocycles. The van der Waals surface area contributed by atoms with Crippen molar-refractivity contribution in [1.82, 2.24) is 10.2 Å². The third-order valence-corrected chi connectivity index (χ3v) is 4.56. The van der Waals surface area contributed by atoms with Crippen LogP contribution in [0, 0.1) is 5.41 Å². The van der Waals surface area contributed by atoms with Crippen LogP contribution in [0.5, 0.6) is 0 Å². The lowest BCUT2D eigenvalue weighted by molar-refractivity contribution is -0.138. The summed E-state index contributed by atoms with van der Waals surface area (Å²) in [6.45, 7) is 4.66. The van der Waals surface area contributed by atoms with Crippen LogP contribution in [0.15, 0.2) is 30.3 Å². The van der Waals surface area contributed by atoms with E-state index < -0.39 is 0 Å². The molecule has 2 aliphatic rings. The number of carbonyl (C=O) groups is 2. The molecule has 5 nitrogen and oxygen atoms in total. The van der Waals surface area contributed by atoms with Gasteiger partial charge in [-0.05, 0) is 31.9 Å². The summed E-state index contributed by atoms with van der Waals surface area (Å²) < 4.78 is 0. The van der Waals surface area contributed by atoms with E-state index in [4.69, 9.17) is 0 Å². The number of carbonyl (C=O) groups excluding carboxylic acids is 2. The maximum absolute atomic E-state index is 12.5. The summed E-state index contributed by atoms with van der Waals surface area (Å²) in [6.07, 6.45) is 1.54. The monoisotopic (exact) mass is 287 g/mol. The van der Waals surface area contributed by atoms with Crippen LogP contribution < -0.4 is 10.2 Å². The Labute approximate surface area is 124 Å². The Balaban J connectivity index is 1.60. The van der Waals surface area contributed by atoms with Gasteiger partial charge in [0.05, 0.1) is 5.41 Å². The van der Waals surface area contributed by atoms with Crippen molar-refractivity contribution in [1.29, 1.82) is 0 Å². The van der Waals surface area contributed by atoms with Gasteiger partial charge >= 0.3 is 6.03 Å². The van der Waals surface area contributed by atoms with E-state index in [-0.39, 0.29) is 17.4 Å². The summed E-state index contributed by atoms with van der Waals surface area (Å²) in [6, 6.07) is 9.77. The smallest absolute Gasteiger partial charge is 0.317 e. The van der Waals surface area contributed by atoms with E-state index in [2.05, 4.69) is 5.32 Å². The minimum atomic E-state index is -0.237. The van der Waals surface area contributed by atoms with Crippen LogP contribution >= 0.6 is 0 Å². The third-order valence-electron chi connectivity index (χ3n) is 4.56. The lowest BCUT2D eigenvalue weighted by atomic mass is 9.71. The summed E-state index contributed by atoms with van der Waals surface area (Å²) in [5, 5.41) is 2.82. The number of nitrogens with zero attached hydrogens (tertiary/aromatic N) is 2. The fourth-order valence-corrected chi connectivity index (χ4v) is 3.23. The lowest BCUT2D eigenvalue weighted by Crippen LogP contribution is -2.65. The van der Waals surface area contributed by atoms with Gasteiger partial charge in [-0.3, -0.25) is 4.79 Å². The Morgan fingerprint density at radius 1 is 1.24 bits per heavy atom. The number of urea groups is 1. The van der Waals surface area contributed by atoms with Gasteiger partial charge in [0.25, 0.3) is 0 Å². The molecule has 0 aliphatic carbocycles. The Kier molecular flexibility index (Phi) is 3.57. The normalized spacial score (nSPS) is 20.3. The second-order valence-electron chi connectivity index (χ2n) is 5.83. The first-order chi connectivity index (χ1) is 10.2. The van der Waals surface area contributed by atoms with Crippen molar-refractivity contribution in [2.75, 3.05) is 31.1 Å². The Morgan fingerprint density at radius 2 is 1.90 bits per heavy atom. The van der Waals surface area contributed by atoms with Crippen LogP contribution in [-0.4, -0.2) is 43.0 Å². The zero-order valence-electron chi connectivity index (χ0n) is 12.3. The van der Waals surface area contributed by atoms with E-state index >= 15 is 0 Å². The molecule has 2 heterocycles. The van der Waals surface area contributed by atoms with Crippen molar-refractivity contribution in [2.24, 2.45) is 5.41 Å². The first kappa shape index (κ1) is 13.9. The van der Waals surface area contributed by atoms with E-state index in [1.165, 1.54) is 0 Å². The summed E-state index contributed by atoms with van der Waals surface area (Å²) in [7, 11) is 0. The maximum atomic E-state index is 12.5. The topological polar surface area (TPSA) is 52.7 Å². The van der Waals surface area contributed by atoms with Crippen molar-refractivity contribution < 1.29 is 9.59 Å². The van der Waals surface area contributed by atoms with Gasteiger partial charge in [0.15, 0.2) is 0 Å². The Morgan fingerprint density at radius 3 is 2.48 bits per heavy atom. The molecule has 5 heteroatoms. The lowest BCUT2D eigenvalue weighted by Gasteiger charge is -2.52. The molecular formula is C16H21N3O2. The first-order valence-corrected chi connectivity index (χ1v) is 7.56. The molecule has 3 rings (SSSR count). The number of piperidine rings is 1. The summed E-state index contributed by atoms with van der Waals surface area (Å²) in [5.41, 5.74) is 0.734. The van der Waals surface area contributed by atoms with Gasteiger partial charge in [0.1, 0.15) is 0 Å². The number of benzene rings is 1. The number of amides is 3.